The summed E-state index contributed by atoms with van der Waals surface area (Å²) in [6, 6.07) is 1.66. The van der Waals surface area contributed by atoms with Crippen LogP contribution in [0, 0.1) is 0 Å². The number of hydrogen-bond donors (Lipinski definition) is 0. The summed E-state index contributed by atoms with van der Waals surface area (Å²) >= 11 is 0. The van der Waals surface area contributed by atoms with Crippen molar-refractivity contribution in [2.24, 2.45) is 0 Å². The molecule has 18 heavy (non-hydrogen) atoms. The molecule has 2 heterocycles. The molecule has 5 heteroatoms. The average molecular weight is 249 g/mol. The predicted molar refractivity (Wildman–Crippen MR) is 67.2 cm³/mol. The van der Waals surface area contributed by atoms with Gasteiger partial charge in [0.15, 0.2) is 0 Å². The predicted octanol–water partition coefficient (Wildman–Crippen LogP) is 1.51. The first kappa shape index (κ1) is 13.0. The molecule has 1 aromatic rings. The van der Waals surface area contributed by atoms with Crippen molar-refractivity contribution in [1.82, 2.24) is 14.9 Å². The maximum Gasteiger partial charge on any atom is 0.272 e. The van der Waals surface area contributed by atoms with E-state index in [4.69, 9.17) is 4.74 Å². The van der Waals surface area contributed by atoms with Gasteiger partial charge in [-0.25, -0.2) is 9.97 Å². The molecule has 1 amide bonds. The largest absolute Gasteiger partial charge is 0.378 e. The number of methoxy groups -OCH3 is 1. The number of likely N-dealkylation sites (tertiary alicyclic amines) is 1. The van der Waals surface area contributed by atoms with E-state index in [1.54, 1.807) is 19.4 Å². The highest BCUT2D eigenvalue weighted by atomic mass is 16.5. The van der Waals surface area contributed by atoms with Crippen LogP contribution in [0.1, 0.15) is 36.7 Å². The molecule has 1 aromatic heterocycles. The SMILES string of the molecule is COC1(C)CCCN(C(=O)c2ccncn2)CC1. The lowest BCUT2D eigenvalue weighted by atomic mass is 9.97. The Morgan fingerprint density at radius 3 is 2.94 bits per heavy atom. The van der Waals surface area contributed by atoms with Gasteiger partial charge in [0.2, 0.25) is 0 Å². The summed E-state index contributed by atoms with van der Waals surface area (Å²) in [5, 5.41) is 0. The van der Waals surface area contributed by atoms with E-state index in [2.05, 4.69) is 16.9 Å². The van der Waals surface area contributed by atoms with Crippen molar-refractivity contribution in [3.8, 4) is 0 Å². The standard InChI is InChI=1S/C13H19N3O2/c1-13(18-2)5-3-8-16(9-6-13)12(17)11-4-7-14-10-15-11/h4,7,10H,3,5-6,8-9H2,1-2H3. The summed E-state index contributed by atoms with van der Waals surface area (Å²) in [5.41, 5.74) is 0.353. The van der Waals surface area contributed by atoms with Gasteiger partial charge in [0.05, 0.1) is 5.60 Å². The van der Waals surface area contributed by atoms with Crippen molar-refractivity contribution in [3.63, 3.8) is 0 Å². The molecule has 5 nitrogen and oxygen atoms in total. The lowest BCUT2D eigenvalue weighted by molar-refractivity contribution is -0.00538. The molecule has 0 radical (unpaired) electrons. The van der Waals surface area contributed by atoms with Crippen LogP contribution in [-0.4, -0.2) is 46.6 Å². The Hall–Kier alpha value is -1.49. The topological polar surface area (TPSA) is 55.3 Å². The molecule has 2 rings (SSSR count). The molecule has 1 atom stereocenters. The minimum atomic E-state index is -0.110. The third-order valence-electron chi connectivity index (χ3n) is 3.63. The number of carbonyl (C=O) groups excluding carboxylic acids is 1. The molecular formula is C13H19N3O2. The van der Waals surface area contributed by atoms with Crippen LogP contribution in [0.3, 0.4) is 0 Å². The van der Waals surface area contributed by atoms with Gasteiger partial charge in [-0.2, -0.15) is 0 Å². The van der Waals surface area contributed by atoms with Gasteiger partial charge in [-0.15, -0.1) is 0 Å². The lowest BCUT2D eigenvalue weighted by Crippen LogP contribution is -2.34. The normalized spacial score (nSPS) is 24.7. The number of aromatic nitrogens is 2. The Morgan fingerprint density at radius 2 is 2.28 bits per heavy atom. The van der Waals surface area contributed by atoms with E-state index in [-0.39, 0.29) is 11.5 Å². The molecule has 98 valence electrons. The fraction of sp³-hybridized carbons (Fsp3) is 0.615. The van der Waals surface area contributed by atoms with E-state index >= 15 is 0 Å². The number of nitrogens with zero attached hydrogens (tertiary/aromatic N) is 3. The fourth-order valence-corrected chi connectivity index (χ4v) is 2.24. The van der Waals surface area contributed by atoms with Gasteiger partial charge < -0.3 is 9.64 Å². The monoisotopic (exact) mass is 249 g/mol. The average Bonchev–Trinajstić information content (AvgIpc) is 2.62. The van der Waals surface area contributed by atoms with Crippen LogP contribution >= 0.6 is 0 Å². The number of rotatable bonds is 2. The van der Waals surface area contributed by atoms with E-state index in [0.717, 1.165) is 25.8 Å². The molecule has 1 aliphatic heterocycles. The van der Waals surface area contributed by atoms with Crippen molar-refractivity contribution in [1.29, 1.82) is 0 Å². The van der Waals surface area contributed by atoms with Gasteiger partial charge in [0, 0.05) is 26.4 Å². The molecule has 0 spiro atoms. The third kappa shape index (κ3) is 2.85. The molecule has 0 saturated carbocycles. The van der Waals surface area contributed by atoms with Crippen LogP contribution in [0.15, 0.2) is 18.6 Å². The first-order chi connectivity index (χ1) is 8.64. The summed E-state index contributed by atoms with van der Waals surface area (Å²) in [7, 11) is 1.74. The van der Waals surface area contributed by atoms with E-state index in [0.29, 0.717) is 12.2 Å². The Morgan fingerprint density at radius 1 is 1.44 bits per heavy atom. The molecular weight excluding hydrogens is 230 g/mol. The van der Waals surface area contributed by atoms with Crippen LogP contribution in [0.25, 0.3) is 0 Å². The van der Waals surface area contributed by atoms with E-state index in [1.165, 1.54) is 6.33 Å². The molecule has 0 aromatic carbocycles. The second-order valence-corrected chi connectivity index (χ2v) is 4.89. The number of hydrogen-bond acceptors (Lipinski definition) is 4. The van der Waals surface area contributed by atoms with Gasteiger partial charge >= 0.3 is 0 Å². The Labute approximate surface area is 107 Å². The molecule has 1 aliphatic rings. The van der Waals surface area contributed by atoms with Crippen molar-refractivity contribution in [2.45, 2.75) is 31.8 Å². The van der Waals surface area contributed by atoms with E-state index < -0.39 is 0 Å². The first-order valence-electron chi connectivity index (χ1n) is 6.25. The summed E-state index contributed by atoms with van der Waals surface area (Å²) in [4.78, 5) is 21.9. The second-order valence-electron chi connectivity index (χ2n) is 4.89. The molecule has 0 N–H and O–H groups in total. The van der Waals surface area contributed by atoms with Crippen molar-refractivity contribution >= 4 is 5.91 Å². The minimum Gasteiger partial charge on any atom is -0.378 e. The van der Waals surface area contributed by atoms with Crippen LogP contribution in [0.4, 0.5) is 0 Å². The van der Waals surface area contributed by atoms with Gasteiger partial charge in [-0.1, -0.05) is 0 Å². The highest BCUT2D eigenvalue weighted by Crippen LogP contribution is 2.25. The lowest BCUT2D eigenvalue weighted by Gasteiger charge is -2.26. The maximum atomic E-state index is 12.2. The quantitative estimate of drug-likeness (QED) is 0.797. The third-order valence-corrected chi connectivity index (χ3v) is 3.63. The van der Waals surface area contributed by atoms with Crippen LogP contribution in [-0.2, 0) is 4.74 Å². The second kappa shape index (κ2) is 5.44. The van der Waals surface area contributed by atoms with Crippen molar-refractivity contribution in [2.75, 3.05) is 20.2 Å². The van der Waals surface area contributed by atoms with Gasteiger partial charge in [0.25, 0.3) is 5.91 Å². The Kier molecular flexibility index (Phi) is 3.91. The molecule has 1 unspecified atom stereocenters. The zero-order valence-electron chi connectivity index (χ0n) is 10.9. The van der Waals surface area contributed by atoms with Gasteiger partial charge in [-0.05, 0) is 32.3 Å². The van der Waals surface area contributed by atoms with E-state index in [1.807, 2.05) is 4.90 Å². The zero-order chi connectivity index (χ0) is 13.0. The Balaban J connectivity index is 2.05. The molecule has 0 aliphatic carbocycles. The highest BCUT2D eigenvalue weighted by molar-refractivity contribution is 5.92. The van der Waals surface area contributed by atoms with Crippen molar-refractivity contribution < 1.29 is 9.53 Å². The van der Waals surface area contributed by atoms with Crippen molar-refractivity contribution in [3.05, 3.63) is 24.3 Å². The number of carbonyl (C=O) groups is 1. The zero-order valence-corrected chi connectivity index (χ0v) is 10.9. The minimum absolute atomic E-state index is 0.0160. The summed E-state index contributed by atoms with van der Waals surface area (Å²) in [6.45, 7) is 3.58. The number of ether oxygens (including phenoxy) is 1. The van der Waals surface area contributed by atoms with Crippen LogP contribution in [0.5, 0.6) is 0 Å². The summed E-state index contributed by atoms with van der Waals surface area (Å²) in [6.07, 6.45) is 5.81. The van der Waals surface area contributed by atoms with Gasteiger partial charge in [-0.3, -0.25) is 4.79 Å². The summed E-state index contributed by atoms with van der Waals surface area (Å²) in [5.74, 6) is -0.0160. The smallest absolute Gasteiger partial charge is 0.272 e. The van der Waals surface area contributed by atoms with Crippen LogP contribution < -0.4 is 0 Å². The van der Waals surface area contributed by atoms with E-state index in [9.17, 15) is 4.79 Å². The van der Waals surface area contributed by atoms with Crippen LogP contribution in [0.2, 0.25) is 0 Å². The first-order valence-corrected chi connectivity index (χ1v) is 6.25. The highest BCUT2D eigenvalue weighted by Gasteiger charge is 2.29. The Bertz CT molecular complexity index is 410. The van der Waals surface area contributed by atoms with Gasteiger partial charge in [0.1, 0.15) is 12.0 Å². The number of amides is 1. The maximum absolute atomic E-state index is 12.2. The molecule has 0 bridgehead atoms. The fourth-order valence-electron chi connectivity index (χ4n) is 2.24. The molecule has 1 fully saturated rings. The molecule has 1 saturated heterocycles. The summed E-state index contributed by atoms with van der Waals surface area (Å²) < 4.78 is 5.53.